The first kappa shape index (κ1) is 13.8. The number of aliphatic imine (C=N–C) groups is 1. The predicted molar refractivity (Wildman–Crippen MR) is 90.1 cm³/mol. The van der Waals surface area contributed by atoms with E-state index in [1.807, 2.05) is 11.8 Å². The van der Waals surface area contributed by atoms with E-state index in [0.29, 0.717) is 5.41 Å². The average Bonchev–Trinajstić information content (AvgIpc) is 2.90. The second-order valence-corrected chi connectivity index (χ2v) is 7.12. The predicted octanol–water partition coefficient (Wildman–Crippen LogP) is 3.83. The highest BCUT2D eigenvalue weighted by Gasteiger charge is 2.36. The van der Waals surface area contributed by atoms with Crippen LogP contribution < -0.4 is 10.2 Å². The Morgan fingerprint density at radius 3 is 2.60 bits per heavy atom. The first-order chi connectivity index (χ1) is 9.69. The van der Waals surface area contributed by atoms with Crippen molar-refractivity contribution in [1.29, 1.82) is 0 Å². The van der Waals surface area contributed by atoms with Gasteiger partial charge in [-0.25, -0.2) is 0 Å². The van der Waals surface area contributed by atoms with Crippen LogP contribution in [0.15, 0.2) is 29.3 Å². The van der Waals surface area contributed by atoms with Gasteiger partial charge in [0.15, 0.2) is 5.17 Å². The van der Waals surface area contributed by atoms with Crippen molar-refractivity contribution >= 4 is 28.3 Å². The highest BCUT2D eigenvalue weighted by atomic mass is 32.2. The molecule has 1 N–H and O–H groups in total. The van der Waals surface area contributed by atoms with E-state index in [0.717, 1.165) is 17.4 Å². The molecular formula is C16H23N3S. The normalized spacial score (nSPS) is 20.8. The van der Waals surface area contributed by atoms with Crippen LogP contribution in [0.3, 0.4) is 0 Å². The third-order valence-electron chi connectivity index (χ3n) is 4.36. The number of para-hydroxylation sites is 2. The molecule has 1 fully saturated rings. The fourth-order valence-electron chi connectivity index (χ4n) is 3.14. The molecule has 20 heavy (non-hydrogen) atoms. The fourth-order valence-corrected chi connectivity index (χ4v) is 4.30. The second-order valence-electron chi connectivity index (χ2n) is 6.15. The van der Waals surface area contributed by atoms with Gasteiger partial charge in [0, 0.05) is 26.4 Å². The molecule has 0 aromatic heterocycles. The van der Waals surface area contributed by atoms with Crippen LogP contribution in [0.25, 0.3) is 0 Å². The maximum Gasteiger partial charge on any atom is 0.161 e. The zero-order valence-electron chi connectivity index (χ0n) is 12.4. The minimum absolute atomic E-state index is 0.511. The Bertz CT molecular complexity index is 504. The molecule has 3 rings (SSSR count). The van der Waals surface area contributed by atoms with E-state index < -0.39 is 0 Å². The van der Waals surface area contributed by atoms with E-state index in [1.54, 1.807) is 0 Å². The number of amidine groups is 1. The van der Waals surface area contributed by atoms with Crippen LogP contribution in [0.1, 0.15) is 25.7 Å². The zero-order valence-corrected chi connectivity index (χ0v) is 13.2. The Balaban J connectivity index is 1.71. The lowest BCUT2D eigenvalue weighted by Gasteiger charge is -2.31. The van der Waals surface area contributed by atoms with Gasteiger partial charge >= 0.3 is 0 Å². The number of hydrogen-bond donors (Lipinski definition) is 1. The van der Waals surface area contributed by atoms with Gasteiger partial charge in [-0.3, -0.25) is 4.99 Å². The summed E-state index contributed by atoms with van der Waals surface area (Å²) in [7, 11) is 4.15. The Morgan fingerprint density at radius 1 is 1.20 bits per heavy atom. The summed E-state index contributed by atoms with van der Waals surface area (Å²) in [6.07, 6.45) is 5.51. The molecule has 1 aliphatic carbocycles. The SMILES string of the molecule is CN(C)c1ccccc1NC1=NCC2(CCCC2)CS1. The Hall–Kier alpha value is -1.16. The maximum atomic E-state index is 4.81. The number of anilines is 2. The van der Waals surface area contributed by atoms with Crippen molar-refractivity contribution in [2.75, 3.05) is 36.6 Å². The summed E-state index contributed by atoms with van der Waals surface area (Å²) in [4.78, 5) is 6.94. The van der Waals surface area contributed by atoms with Crippen LogP contribution >= 0.6 is 11.8 Å². The minimum Gasteiger partial charge on any atom is -0.376 e. The summed E-state index contributed by atoms with van der Waals surface area (Å²) in [5, 5.41) is 4.59. The smallest absolute Gasteiger partial charge is 0.161 e. The maximum absolute atomic E-state index is 4.81. The Morgan fingerprint density at radius 2 is 1.95 bits per heavy atom. The first-order valence-corrected chi connectivity index (χ1v) is 8.38. The van der Waals surface area contributed by atoms with Crippen molar-refractivity contribution < 1.29 is 0 Å². The summed E-state index contributed by atoms with van der Waals surface area (Å²) < 4.78 is 0. The number of thioether (sulfide) groups is 1. The molecule has 108 valence electrons. The van der Waals surface area contributed by atoms with Gasteiger partial charge in [0.1, 0.15) is 0 Å². The molecule has 0 radical (unpaired) electrons. The topological polar surface area (TPSA) is 27.6 Å². The fraction of sp³-hybridized carbons (Fsp3) is 0.562. The van der Waals surface area contributed by atoms with Crippen molar-refractivity contribution in [3.63, 3.8) is 0 Å². The van der Waals surface area contributed by atoms with Gasteiger partial charge in [-0.2, -0.15) is 0 Å². The summed E-state index contributed by atoms with van der Waals surface area (Å²) in [6, 6.07) is 8.40. The molecule has 0 bridgehead atoms. The van der Waals surface area contributed by atoms with E-state index in [2.05, 4.69) is 48.6 Å². The quantitative estimate of drug-likeness (QED) is 0.896. The second kappa shape index (κ2) is 5.68. The molecule has 1 aliphatic heterocycles. The molecule has 0 amide bonds. The van der Waals surface area contributed by atoms with Crippen LogP contribution in [0.4, 0.5) is 11.4 Å². The molecule has 0 atom stereocenters. The van der Waals surface area contributed by atoms with Crippen LogP contribution in [0.2, 0.25) is 0 Å². The standard InChI is InChI=1S/C16H23N3S/c1-19(2)14-8-4-3-7-13(14)18-15-17-11-16(12-20-15)9-5-6-10-16/h3-4,7-8H,5-6,9-12H2,1-2H3,(H,17,18). The molecule has 0 saturated heterocycles. The molecule has 1 aromatic rings. The third kappa shape index (κ3) is 2.80. The number of nitrogens with one attached hydrogen (secondary N) is 1. The lowest BCUT2D eigenvalue weighted by molar-refractivity contribution is 0.359. The van der Waals surface area contributed by atoms with Crippen LogP contribution in [-0.4, -0.2) is 31.6 Å². The molecule has 0 unspecified atom stereocenters. The molecular weight excluding hydrogens is 266 g/mol. The summed E-state index contributed by atoms with van der Waals surface area (Å²) in [6.45, 7) is 1.01. The molecule has 3 nitrogen and oxygen atoms in total. The number of rotatable bonds is 2. The number of benzene rings is 1. The van der Waals surface area contributed by atoms with Crippen molar-refractivity contribution in [3.05, 3.63) is 24.3 Å². The van der Waals surface area contributed by atoms with Gasteiger partial charge in [0.2, 0.25) is 0 Å². The lowest BCUT2D eigenvalue weighted by atomic mass is 9.89. The Kier molecular flexibility index (Phi) is 3.92. The van der Waals surface area contributed by atoms with E-state index in [9.17, 15) is 0 Å². The van der Waals surface area contributed by atoms with Gasteiger partial charge in [-0.05, 0) is 30.4 Å². The van der Waals surface area contributed by atoms with Crippen LogP contribution in [-0.2, 0) is 0 Å². The van der Waals surface area contributed by atoms with Gasteiger partial charge < -0.3 is 10.2 Å². The largest absolute Gasteiger partial charge is 0.376 e. The summed E-state index contributed by atoms with van der Waals surface area (Å²) >= 11 is 1.89. The van der Waals surface area contributed by atoms with Crippen LogP contribution in [0, 0.1) is 5.41 Å². The minimum atomic E-state index is 0.511. The zero-order chi connectivity index (χ0) is 14.0. The van der Waals surface area contributed by atoms with Gasteiger partial charge in [0.25, 0.3) is 0 Å². The molecule has 4 heteroatoms. The van der Waals surface area contributed by atoms with E-state index >= 15 is 0 Å². The highest BCUT2D eigenvalue weighted by Crippen LogP contribution is 2.43. The van der Waals surface area contributed by atoms with E-state index in [-0.39, 0.29) is 0 Å². The first-order valence-electron chi connectivity index (χ1n) is 7.39. The van der Waals surface area contributed by atoms with Crippen molar-refractivity contribution in [2.24, 2.45) is 10.4 Å². The lowest BCUT2D eigenvalue weighted by Crippen LogP contribution is -2.30. The van der Waals surface area contributed by atoms with Crippen molar-refractivity contribution in [1.82, 2.24) is 0 Å². The molecule has 1 heterocycles. The molecule has 1 saturated carbocycles. The summed E-state index contributed by atoms with van der Waals surface area (Å²) in [5.74, 6) is 1.23. The number of hydrogen-bond acceptors (Lipinski definition) is 4. The van der Waals surface area contributed by atoms with Crippen LogP contribution in [0.5, 0.6) is 0 Å². The van der Waals surface area contributed by atoms with Crippen molar-refractivity contribution in [3.8, 4) is 0 Å². The molecule has 1 spiro atoms. The highest BCUT2D eigenvalue weighted by molar-refractivity contribution is 8.14. The average molecular weight is 289 g/mol. The van der Waals surface area contributed by atoms with Crippen molar-refractivity contribution in [2.45, 2.75) is 25.7 Å². The monoisotopic (exact) mass is 289 g/mol. The molecule has 1 aromatic carbocycles. The van der Waals surface area contributed by atoms with E-state index in [4.69, 9.17) is 4.99 Å². The van der Waals surface area contributed by atoms with Gasteiger partial charge in [-0.1, -0.05) is 36.7 Å². The third-order valence-corrected chi connectivity index (χ3v) is 5.63. The Labute approximate surface area is 125 Å². The number of nitrogens with zero attached hydrogens (tertiary/aromatic N) is 2. The molecule has 2 aliphatic rings. The van der Waals surface area contributed by atoms with Gasteiger partial charge in [-0.15, -0.1) is 0 Å². The van der Waals surface area contributed by atoms with Gasteiger partial charge in [0.05, 0.1) is 11.4 Å². The summed E-state index contributed by atoms with van der Waals surface area (Å²) in [5.41, 5.74) is 2.86. The van der Waals surface area contributed by atoms with E-state index in [1.165, 1.54) is 37.1 Å².